The third-order valence-corrected chi connectivity index (χ3v) is 7.11. The molecule has 1 amide bonds. The van der Waals surface area contributed by atoms with Crippen LogP contribution < -0.4 is 11.1 Å². The van der Waals surface area contributed by atoms with Crippen LogP contribution in [-0.2, 0) is 6.54 Å². The number of nitrogens with zero attached hydrogens (tertiary/aromatic N) is 2. The van der Waals surface area contributed by atoms with Crippen LogP contribution in [0.5, 0.6) is 0 Å². The molecule has 162 valence electrons. The highest BCUT2D eigenvalue weighted by molar-refractivity contribution is 7.19. The summed E-state index contributed by atoms with van der Waals surface area (Å²) in [6.07, 6.45) is 4.32. The third kappa shape index (κ3) is 4.38. The van der Waals surface area contributed by atoms with Gasteiger partial charge < -0.3 is 11.1 Å². The highest BCUT2D eigenvalue weighted by Gasteiger charge is 2.14. The molecule has 0 saturated carbocycles. The molecular weight excluding hydrogens is 416 g/mol. The number of benzene rings is 2. The van der Waals surface area contributed by atoms with E-state index in [2.05, 4.69) is 45.5 Å². The number of rotatable bonds is 5. The molecule has 1 saturated heterocycles. The molecule has 1 aliphatic heterocycles. The summed E-state index contributed by atoms with van der Waals surface area (Å²) in [5.74, 6) is 0.407. The first-order valence-electron chi connectivity index (χ1n) is 10.9. The van der Waals surface area contributed by atoms with Crippen LogP contribution >= 0.6 is 11.3 Å². The molecule has 1 fully saturated rings. The number of anilines is 2. The highest BCUT2D eigenvalue weighted by atomic mass is 32.1. The number of fused-ring (bicyclic) bond motifs is 1. The molecule has 0 atom stereocenters. The first-order chi connectivity index (χ1) is 15.5. The number of pyridine rings is 1. The highest BCUT2D eigenvalue weighted by Crippen LogP contribution is 2.34. The Morgan fingerprint density at radius 2 is 1.94 bits per heavy atom. The maximum Gasteiger partial charge on any atom is 0.256 e. The normalized spacial score (nSPS) is 14.2. The summed E-state index contributed by atoms with van der Waals surface area (Å²) >= 11 is 1.59. The van der Waals surface area contributed by atoms with Crippen LogP contribution in [0.25, 0.3) is 21.2 Å². The minimum Gasteiger partial charge on any atom is -0.390 e. The maximum atomic E-state index is 12.9. The van der Waals surface area contributed by atoms with Crippen molar-refractivity contribution < 1.29 is 4.79 Å². The first-order valence-corrected chi connectivity index (χ1v) is 11.8. The standard InChI is InChI=1S/C26H26N4OS/c1-17-11-23(32-25(17)27)19-7-8-21-15-28-24(14-22(21)13-19)29-26(31)20-6-4-5-18(12-20)16-30-9-2-3-10-30/h4-8,11-15H,2-3,9-10,16,27H2,1H3,(H,28,29,31). The molecule has 5 rings (SSSR count). The molecule has 4 aromatic rings. The number of likely N-dealkylation sites (tertiary alicyclic amines) is 1. The molecule has 0 spiro atoms. The van der Waals surface area contributed by atoms with Gasteiger partial charge in [-0.2, -0.15) is 0 Å². The summed E-state index contributed by atoms with van der Waals surface area (Å²) in [5.41, 5.74) is 10.1. The Bertz CT molecular complexity index is 1270. The second-order valence-corrected chi connectivity index (χ2v) is 9.51. The molecule has 1 aliphatic rings. The van der Waals surface area contributed by atoms with Gasteiger partial charge in [0.1, 0.15) is 5.82 Å². The fourth-order valence-electron chi connectivity index (χ4n) is 4.20. The van der Waals surface area contributed by atoms with Gasteiger partial charge in [-0.1, -0.05) is 24.3 Å². The number of nitrogens with one attached hydrogen (secondary N) is 1. The average molecular weight is 443 g/mol. The van der Waals surface area contributed by atoms with E-state index in [-0.39, 0.29) is 5.91 Å². The van der Waals surface area contributed by atoms with Crippen LogP contribution in [0.4, 0.5) is 10.8 Å². The van der Waals surface area contributed by atoms with Crippen molar-refractivity contribution in [1.82, 2.24) is 9.88 Å². The van der Waals surface area contributed by atoms with Crippen molar-refractivity contribution in [3.63, 3.8) is 0 Å². The lowest BCUT2D eigenvalue weighted by molar-refractivity contribution is 0.102. The molecule has 0 radical (unpaired) electrons. The summed E-state index contributed by atoms with van der Waals surface area (Å²) in [4.78, 5) is 20.9. The SMILES string of the molecule is Cc1cc(-c2ccc3cnc(NC(=O)c4cccc(CN5CCCC5)c4)cc3c2)sc1N. The lowest BCUT2D eigenvalue weighted by Crippen LogP contribution is -2.19. The van der Waals surface area contributed by atoms with Crippen LogP contribution in [-0.4, -0.2) is 28.9 Å². The predicted molar refractivity (Wildman–Crippen MR) is 133 cm³/mol. The Labute approximate surface area is 191 Å². The van der Waals surface area contributed by atoms with E-state index in [0.717, 1.165) is 51.4 Å². The van der Waals surface area contributed by atoms with Crippen molar-refractivity contribution in [3.05, 3.63) is 77.5 Å². The van der Waals surface area contributed by atoms with Gasteiger partial charge in [-0.05, 0) is 85.3 Å². The van der Waals surface area contributed by atoms with Gasteiger partial charge in [-0.3, -0.25) is 9.69 Å². The lowest BCUT2D eigenvalue weighted by atomic mass is 10.1. The minimum atomic E-state index is -0.141. The van der Waals surface area contributed by atoms with E-state index < -0.39 is 0 Å². The monoisotopic (exact) mass is 442 g/mol. The number of hydrogen-bond acceptors (Lipinski definition) is 5. The molecule has 0 aliphatic carbocycles. The zero-order valence-electron chi connectivity index (χ0n) is 18.1. The number of aromatic nitrogens is 1. The van der Waals surface area contributed by atoms with Gasteiger partial charge in [-0.15, -0.1) is 11.3 Å². The van der Waals surface area contributed by atoms with Crippen molar-refractivity contribution in [3.8, 4) is 10.4 Å². The first kappa shape index (κ1) is 20.7. The molecule has 3 heterocycles. The molecule has 0 bridgehead atoms. The summed E-state index contributed by atoms with van der Waals surface area (Å²) in [6.45, 7) is 5.19. The minimum absolute atomic E-state index is 0.141. The summed E-state index contributed by atoms with van der Waals surface area (Å²) < 4.78 is 0. The van der Waals surface area contributed by atoms with Crippen molar-refractivity contribution in [2.75, 3.05) is 24.1 Å². The maximum absolute atomic E-state index is 12.9. The Morgan fingerprint density at radius 3 is 2.72 bits per heavy atom. The number of thiophene rings is 1. The second-order valence-electron chi connectivity index (χ2n) is 8.43. The fraction of sp³-hybridized carbons (Fsp3) is 0.231. The summed E-state index contributed by atoms with van der Waals surface area (Å²) in [5, 5.41) is 5.86. The second kappa shape index (κ2) is 8.73. The van der Waals surface area contributed by atoms with Crippen molar-refractivity contribution in [2.45, 2.75) is 26.3 Å². The Kier molecular flexibility index (Phi) is 5.64. The van der Waals surface area contributed by atoms with E-state index in [1.54, 1.807) is 17.5 Å². The Hall–Kier alpha value is -3.22. The van der Waals surface area contributed by atoms with Crippen LogP contribution in [0.2, 0.25) is 0 Å². The van der Waals surface area contributed by atoms with Crippen molar-refractivity contribution >= 4 is 38.8 Å². The molecule has 2 aromatic heterocycles. The van der Waals surface area contributed by atoms with E-state index in [0.29, 0.717) is 11.4 Å². The van der Waals surface area contributed by atoms with Gasteiger partial charge in [0, 0.05) is 28.6 Å². The van der Waals surface area contributed by atoms with E-state index in [1.807, 2.05) is 31.2 Å². The molecule has 32 heavy (non-hydrogen) atoms. The molecule has 3 N–H and O–H groups in total. The van der Waals surface area contributed by atoms with Crippen LogP contribution in [0.1, 0.15) is 34.3 Å². The third-order valence-electron chi connectivity index (χ3n) is 6.00. The van der Waals surface area contributed by atoms with E-state index >= 15 is 0 Å². The summed E-state index contributed by atoms with van der Waals surface area (Å²) in [7, 11) is 0. The van der Waals surface area contributed by atoms with Crippen molar-refractivity contribution in [2.24, 2.45) is 0 Å². The van der Waals surface area contributed by atoms with Gasteiger partial charge in [0.25, 0.3) is 5.91 Å². The molecule has 6 heteroatoms. The van der Waals surface area contributed by atoms with E-state index in [9.17, 15) is 4.79 Å². The zero-order chi connectivity index (χ0) is 22.1. The average Bonchev–Trinajstić information content (AvgIpc) is 3.43. The number of amides is 1. The van der Waals surface area contributed by atoms with Gasteiger partial charge in [0.15, 0.2) is 0 Å². The van der Waals surface area contributed by atoms with Crippen LogP contribution in [0.3, 0.4) is 0 Å². The van der Waals surface area contributed by atoms with E-state index in [4.69, 9.17) is 5.73 Å². The lowest BCUT2D eigenvalue weighted by Gasteiger charge is -2.15. The van der Waals surface area contributed by atoms with Gasteiger partial charge in [-0.25, -0.2) is 4.98 Å². The van der Waals surface area contributed by atoms with Crippen molar-refractivity contribution in [1.29, 1.82) is 0 Å². The van der Waals surface area contributed by atoms with Gasteiger partial charge in [0.2, 0.25) is 0 Å². The fourth-order valence-corrected chi connectivity index (χ4v) is 5.14. The Balaban J connectivity index is 1.36. The van der Waals surface area contributed by atoms with E-state index in [1.165, 1.54) is 18.4 Å². The number of carbonyl (C=O) groups is 1. The quantitative estimate of drug-likeness (QED) is 0.416. The Morgan fingerprint density at radius 1 is 1.09 bits per heavy atom. The molecule has 0 unspecified atom stereocenters. The topological polar surface area (TPSA) is 71.2 Å². The van der Waals surface area contributed by atoms with Crippen LogP contribution in [0.15, 0.2) is 60.8 Å². The van der Waals surface area contributed by atoms with Crippen LogP contribution in [0, 0.1) is 6.92 Å². The molecule has 5 nitrogen and oxygen atoms in total. The number of aryl methyl sites for hydroxylation is 1. The summed E-state index contributed by atoms with van der Waals surface area (Å²) in [6, 6.07) is 18.2. The number of nitrogen functional groups attached to an aromatic ring is 1. The molecular formula is C26H26N4OS. The largest absolute Gasteiger partial charge is 0.390 e. The van der Waals surface area contributed by atoms with Gasteiger partial charge in [0.05, 0.1) is 5.00 Å². The smallest absolute Gasteiger partial charge is 0.256 e. The number of hydrogen-bond donors (Lipinski definition) is 2. The van der Waals surface area contributed by atoms with Gasteiger partial charge >= 0.3 is 0 Å². The molecule has 2 aromatic carbocycles. The number of nitrogens with two attached hydrogens (primary N) is 1. The predicted octanol–water partition coefficient (Wildman–Crippen LogP) is 5.70. The zero-order valence-corrected chi connectivity index (χ0v) is 18.9. The number of carbonyl (C=O) groups excluding carboxylic acids is 1.